The van der Waals surface area contributed by atoms with Gasteiger partial charge in [-0.1, -0.05) is 24.8 Å². The van der Waals surface area contributed by atoms with Gasteiger partial charge in [-0.05, 0) is 25.0 Å². The second-order valence-electron chi connectivity index (χ2n) is 2.32. The molecule has 0 N–H and O–H groups in total. The zero-order valence-corrected chi connectivity index (χ0v) is 8.57. The van der Waals surface area contributed by atoms with E-state index in [1.165, 1.54) is 0 Å². The Hall–Kier alpha value is -0.760. The molecule has 0 spiro atoms. The third-order valence-corrected chi connectivity index (χ3v) is 2.30. The van der Waals surface area contributed by atoms with E-state index in [4.69, 9.17) is 0 Å². The van der Waals surface area contributed by atoms with Crippen LogP contribution < -0.4 is 0 Å². The van der Waals surface area contributed by atoms with E-state index in [9.17, 15) is 4.79 Å². The fourth-order valence-electron chi connectivity index (χ4n) is 0.757. The molecule has 0 aliphatic heterocycles. The summed E-state index contributed by atoms with van der Waals surface area (Å²) in [5.41, 5.74) is 0.766. The van der Waals surface area contributed by atoms with Crippen molar-refractivity contribution in [3.63, 3.8) is 0 Å². The molecule has 66 valence electrons. The van der Waals surface area contributed by atoms with Gasteiger partial charge in [-0.25, -0.2) is 0 Å². The highest BCUT2D eigenvalue weighted by Gasteiger charge is 2.02. The third-order valence-electron chi connectivity index (χ3n) is 1.46. The van der Waals surface area contributed by atoms with Gasteiger partial charge < -0.3 is 0 Å². The molecule has 0 saturated carbocycles. The van der Waals surface area contributed by atoms with Gasteiger partial charge in [-0.15, -0.1) is 11.8 Å². The lowest BCUT2D eigenvalue weighted by Crippen LogP contribution is -1.95. The number of carbonyl (C=O) groups excluding carboxylic acids is 1. The minimum Gasteiger partial charge on any atom is -0.294 e. The predicted molar refractivity (Wildman–Crippen MR) is 56.2 cm³/mol. The lowest BCUT2D eigenvalue weighted by atomic mass is 10.1. The summed E-state index contributed by atoms with van der Waals surface area (Å²) >= 11 is 1.58. The molecule has 0 saturated heterocycles. The van der Waals surface area contributed by atoms with Crippen molar-refractivity contribution in [3.05, 3.63) is 35.3 Å². The zero-order chi connectivity index (χ0) is 9.56. The van der Waals surface area contributed by atoms with Crippen LogP contribution in [0.5, 0.6) is 0 Å². The first-order valence-corrected chi connectivity index (χ1v) is 4.90. The Balaban J connectivity index is 4.78. The van der Waals surface area contributed by atoms with Crippen LogP contribution in [0.25, 0.3) is 0 Å². The van der Waals surface area contributed by atoms with Gasteiger partial charge >= 0.3 is 0 Å². The average molecular weight is 182 g/mol. The molecule has 0 bridgehead atoms. The highest BCUT2D eigenvalue weighted by molar-refractivity contribution is 8.02. The van der Waals surface area contributed by atoms with Gasteiger partial charge in [0, 0.05) is 5.57 Å². The van der Waals surface area contributed by atoms with Gasteiger partial charge in [0.1, 0.15) is 0 Å². The molecule has 0 aromatic heterocycles. The minimum absolute atomic E-state index is 0.0972. The van der Waals surface area contributed by atoms with Gasteiger partial charge in [0.15, 0.2) is 5.78 Å². The van der Waals surface area contributed by atoms with Crippen LogP contribution in [0.2, 0.25) is 0 Å². The van der Waals surface area contributed by atoms with E-state index in [0.717, 1.165) is 10.5 Å². The Morgan fingerprint density at radius 2 is 2.00 bits per heavy atom. The summed E-state index contributed by atoms with van der Waals surface area (Å²) in [5.74, 6) is 0.0972. The van der Waals surface area contributed by atoms with Crippen LogP contribution in [0, 0.1) is 0 Å². The maximum atomic E-state index is 11.1. The molecule has 0 rings (SSSR count). The van der Waals surface area contributed by atoms with Crippen LogP contribution >= 0.6 is 11.8 Å². The highest BCUT2D eigenvalue weighted by atomic mass is 32.2. The first-order chi connectivity index (χ1) is 5.63. The molecule has 12 heavy (non-hydrogen) atoms. The fraction of sp³-hybridized carbons (Fsp3) is 0.300. The van der Waals surface area contributed by atoms with E-state index < -0.39 is 0 Å². The monoisotopic (exact) mass is 182 g/mol. The molecule has 1 nitrogen and oxygen atoms in total. The van der Waals surface area contributed by atoms with Crippen LogP contribution in [0.4, 0.5) is 0 Å². The van der Waals surface area contributed by atoms with E-state index in [2.05, 4.69) is 6.58 Å². The molecule has 0 aromatic carbocycles. The molecule has 0 heterocycles. The zero-order valence-electron chi connectivity index (χ0n) is 7.76. The van der Waals surface area contributed by atoms with Crippen LogP contribution in [0.15, 0.2) is 35.3 Å². The van der Waals surface area contributed by atoms with Crippen molar-refractivity contribution >= 4 is 17.5 Å². The van der Waals surface area contributed by atoms with Crippen molar-refractivity contribution in [1.29, 1.82) is 0 Å². The van der Waals surface area contributed by atoms with Crippen LogP contribution in [0.1, 0.15) is 13.8 Å². The van der Waals surface area contributed by atoms with Crippen molar-refractivity contribution in [2.75, 3.05) is 6.26 Å². The summed E-state index contributed by atoms with van der Waals surface area (Å²) in [5, 5.41) is 0. The van der Waals surface area contributed by atoms with E-state index in [-0.39, 0.29) is 5.78 Å². The van der Waals surface area contributed by atoms with E-state index in [1.54, 1.807) is 36.9 Å². The Bertz CT molecular complexity index is 236. The molecular weight excluding hydrogens is 168 g/mol. The Labute approximate surface area is 78.2 Å². The molecule has 0 aromatic rings. The quantitative estimate of drug-likeness (QED) is 0.491. The van der Waals surface area contributed by atoms with Gasteiger partial charge in [0.2, 0.25) is 0 Å². The average Bonchev–Trinajstić information content (AvgIpc) is 2.04. The van der Waals surface area contributed by atoms with Crippen molar-refractivity contribution in [2.24, 2.45) is 0 Å². The smallest absolute Gasteiger partial charge is 0.160 e. The van der Waals surface area contributed by atoms with E-state index in [1.807, 2.05) is 13.2 Å². The maximum absolute atomic E-state index is 11.1. The number of allylic oxidation sites excluding steroid dienone is 5. The summed E-state index contributed by atoms with van der Waals surface area (Å²) in [6, 6.07) is 0. The number of rotatable bonds is 4. The highest BCUT2D eigenvalue weighted by Crippen LogP contribution is 2.17. The lowest BCUT2D eigenvalue weighted by molar-refractivity contribution is -0.113. The number of Topliss-reactive ketones (excluding diaryl/α,β-unsaturated/α-hetero) is 1. The lowest BCUT2D eigenvalue weighted by Gasteiger charge is -2.00. The Kier molecular flexibility index (Phi) is 5.47. The first-order valence-electron chi connectivity index (χ1n) is 3.68. The van der Waals surface area contributed by atoms with Crippen molar-refractivity contribution < 1.29 is 4.79 Å². The van der Waals surface area contributed by atoms with Crippen molar-refractivity contribution in [3.8, 4) is 0 Å². The van der Waals surface area contributed by atoms with Gasteiger partial charge in [-0.3, -0.25) is 4.79 Å². The number of carbonyl (C=O) groups is 1. The second kappa shape index (κ2) is 5.84. The largest absolute Gasteiger partial charge is 0.294 e. The predicted octanol–water partition coefficient (Wildman–Crippen LogP) is 2.95. The topological polar surface area (TPSA) is 17.1 Å². The summed E-state index contributed by atoms with van der Waals surface area (Å²) < 4.78 is 0. The van der Waals surface area contributed by atoms with Gasteiger partial charge in [0.05, 0.1) is 0 Å². The summed E-state index contributed by atoms with van der Waals surface area (Å²) in [6.45, 7) is 7.06. The van der Waals surface area contributed by atoms with Crippen molar-refractivity contribution in [1.82, 2.24) is 0 Å². The normalized spacial score (nSPS) is 12.9. The molecule has 0 atom stereocenters. The molecule has 0 amide bonds. The van der Waals surface area contributed by atoms with Crippen LogP contribution in [0.3, 0.4) is 0 Å². The van der Waals surface area contributed by atoms with Gasteiger partial charge in [0.25, 0.3) is 0 Å². The number of hydrogen-bond donors (Lipinski definition) is 0. The Morgan fingerprint density at radius 1 is 1.42 bits per heavy atom. The Morgan fingerprint density at radius 3 is 2.33 bits per heavy atom. The molecule has 2 heteroatoms. The summed E-state index contributed by atoms with van der Waals surface area (Å²) in [7, 11) is 0. The fourth-order valence-corrected chi connectivity index (χ4v) is 1.19. The maximum Gasteiger partial charge on any atom is 0.160 e. The second-order valence-corrected chi connectivity index (χ2v) is 3.35. The summed E-state index contributed by atoms with van der Waals surface area (Å²) in [6.07, 6.45) is 7.19. The van der Waals surface area contributed by atoms with Crippen molar-refractivity contribution in [2.45, 2.75) is 13.8 Å². The summed E-state index contributed by atoms with van der Waals surface area (Å²) in [4.78, 5) is 12.1. The number of hydrogen-bond acceptors (Lipinski definition) is 2. The standard InChI is InChI=1S/C10H14OS/c1-5-6-7-10(8(2)11)9(3)12-4/h5-7H,1H2,2-4H3/b7-6-,10-9-. The minimum atomic E-state index is 0.0972. The number of ketones is 1. The first kappa shape index (κ1) is 11.2. The molecular formula is C10H14OS. The molecule has 0 aliphatic rings. The molecule has 0 radical (unpaired) electrons. The number of thioether (sulfide) groups is 1. The van der Waals surface area contributed by atoms with E-state index in [0.29, 0.717) is 0 Å². The van der Waals surface area contributed by atoms with Crippen LogP contribution in [-0.4, -0.2) is 12.0 Å². The molecule has 0 unspecified atom stereocenters. The molecule has 0 aliphatic carbocycles. The van der Waals surface area contributed by atoms with Crippen LogP contribution in [-0.2, 0) is 4.79 Å². The SMILES string of the molecule is C=C/C=C\C(C(C)=O)=C(/C)SC. The third kappa shape index (κ3) is 3.58. The van der Waals surface area contributed by atoms with Gasteiger partial charge in [-0.2, -0.15) is 0 Å². The molecule has 0 fully saturated rings. The van der Waals surface area contributed by atoms with E-state index >= 15 is 0 Å².